The van der Waals surface area contributed by atoms with Gasteiger partial charge in [0.15, 0.2) is 0 Å². The second-order valence-electron chi connectivity index (χ2n) is 5.52. The highest BCUT2D eigenvalue weighted by Crippen LogP contribution is 2.18. The van der Waals surface area contributed by atoms with E-state index in [1.165, 1.54) is 6.33 Å². The smallest absolute Gasteiger partial charge is 0.229 e. The van der Waals surface area contributed by atoms with Crippen molar-refractivity contribution >= 4 is 24.0 Å². The number of hydrogen-bond donors (Lipinski definition) is 2. The van der Waals surface area contributed by atoms with Crippen molar-refractivity contribution in [1.82, 2.24) is 20.1 Å². The summed E-state index contributed by atoms with van der Waals surface area (Å²) >= 11 is 0. The molecular formula is C15H20ClN5O. The number of rotatable bonds is 4. The van der Waals surface area contributed by atoms with Crippen LogP contribution in [0.25, 0.3) is 0 Å². The molecule has 1 amide bonds. The van der Waals surface area contributed by atoms with Crippen LogP contribution in [0.5, 0.6) is 0 Å². The van der Waals surface area contributed by atoms with E-state index in [9.17, 15) is 4.79 Å². The molecule has 0 bridgehead atoms. The highest BCUT2D eigenvalue weighted by molar-refractivity contribution is 5.93. The largest absolute Gasteiger partial charge is 0.326 e. The maximum atomic E-state index is 12.2. The van der Waals surface area contributed by atoms with Crippen molar-refractivity contribution in [3.63, 3.8) is 0 Å². The zero-order chi connectivity index (χ0) is 14.7. The van der Waals surface area contributed by atoms with Crippen LogP contribution >= 0.6 is 12.4 Å². The van der Waals surface area contributed by atoms with E-state index in [1.54, 1.807) is 11.0 Å². The van der Waals surface area contributed by atoms with Crippen LogP contribution in [0.15, 0.2) is 36.9 Å². The van der Waals surface area contributed by atoms with E-state index in [1.807, 2.05) is 24.3 Å². The van der Waals surface area contributed by atoms with Gasteiger partial charge in [-0.05, 0) is 30.2 Å². The normalized spacial score (nSPS) is 20.4. The van der Waals surface area contributed by atoms with Gasteiger partial charge in [0.05, 0.1) is 12.5 Å². The summed E-state index contributed by atoms with van der Waals surface area (Å²) in [7, 11) is 0. The molecule has 1 saturated heterocycles. The number of benzene rings is 1. The number of carbonyl (C=O) groups excluding carboxylic acids is 1. The summed E-state index contributed by atoms with van der Waals surface area (Å²) in [6, 6.07) is 7.84. The van der Waals surface area contributed by atoms with Crippen LogP contribution in [0, 0.1) is 11.8 Å². The van der Waals surface area contributed by atoms with Gasteiger partial charge in [-0.25, -0.2) is 9.67 Å². The summed E-state index contributed by atoms with van der Waals surface area (Å²) in [5.41, 5.74) is 1.95. The topological polar surface area (TPSA) is 71.8 Å². The van der Waals surface area contributed by atoms with Crippen LogP contribution in [-0.2, 0) is 11.3 Å². The summed E-state index contributed by atoms with van der Waals surface area (Å²) in [6.07, 6.45) is 3.20. The van der Waals surface area contributed by atoms with Crippen LogP contribution in [-0.4, -0.2) is 33.8 Å². The fraction of sp³-hybridized carbons (Fsp3) is 0.400. The van der Waals surface area contributed by atoms with E-state index in [0.29, 0.717) is 12.5 Å². The Balaban J connectivity index is 0.00000176. The van der Waals surface area contributed by atoms with Gasteiger partial charge in [0.1, 0.15) is 12.7 Å². The molecule has 3 rings (SSSR count). The zero-order valence-corrected chi connectivity index (χ0v) is 13.2. The minimum atomic E-state index is 0. The van der Waals surface area contributed by atoms with E-state index in [-0.39, 0.29) is 24.2 Å². The summed E-state index contributed by atoms with van der Waals surface area (Å²) in [5, 5.41) is 10.3. The predicted molar refractivity (Wildman–Crippen MR) is 87.0 cm³/mol. The minimum absolute atomic E-state index is 0. The molecule has 2 atom stereocenters. The molecule has 1 aromatic heterocycles. The molecule has 1 aromatic carbocycles. The van der Waals surface area contributed by atoms with E-state index < -0.39 is 0 Å². The Bertz CT molecular complexity index is 599. The van der Waals surface area contributed by atoms with Crippen LogP contribution in [0.1, 0.15) is 12.5 Å². The molecule has 1 fully saturated rings. The molecule has 2 aromatic rings. The molecule has 0 aliphatic carbocycles. The fourth-order valence-electron chi connectivity index (χ4n) is 2.59. The predicted octanol–water partition coefficient (Wildman–Crippen LogP) is 1.54. The lowest BCUT2D eigenvalue weighted by molar-refractivity contribution is -0.120. The molecule has 0 unspecified atom stereocenters. The number of carbonyl (C=O) groups is 1. The number of hydrogen-bond acceptors (Lipinski definition) is 4. The van der Waals surface area contributed by atoms with Gasteiger partial charge in [0, 0.05) is 12.2 Å². The quantitative estimate of drug-likeness (QED) is 0.896. The standard InChI is InChI=1S/C15H19N5O.ClH/c1-11-6-16-7-14(11)15(21)19-13-4-2-12(3-5-13)8-20-10-17-9-18-20;/h2-5,9-11,14,16H,6-8H2,1H3,(H,19,21);1H/t11-,14-;/m1./s1. The molecule has 7 heteroatoms. The second-order valence-corrected chi connectivity index (χ2v) is 5.52. The maximum absolute atomic E-state index is 12.2. The van der Waals surface area contributed by atoms with Crippen LogP contribution < -0.4 is 10.6 Å². The van der Waals surface area contributed by atoms with Crippen molar-refractivity contribution in [2.75, 3.05) is 18.4 Å². The lowest BCUT2D eigenvalue weighted by Gasteiger charge is -2.14. The molecule has 22 heavy (non-hydrogen) atoms. The lowest BCUT2D eigenvalue weighted by Crippen LogP contribution is -2.27. The van der Waals surface area contributed by atoms with E-state index in [4.69, 9.17) is 0 Å². The van der Waals surface area contributed by atoms with Crippen molar-refractivity contribution in [3.8, 4) is 0 Å². The Labute approximate surface area is 135 Å². The number of anilines is 1. The molecule has 2 heterocycles. The first kappa shape index (κ1) is 16.5. The molecule has 0 spiro atoms. The van der Waals surface area contributed by atoms with Gasteiger partial charge >= 0.3 is 0 Å². The average Bonchev–Trinajstić information content (AvgIpc) is 3.12. The van der Waals surface area contributed by atoms with Gasteiger partial charge in [-0.3, -0.25) is 4.79 Å². The first-order valence-electron chi connectivity index (χ1n) is 7.15. The van der Waals surface area contributed by atoms with E-state index in [0.717, 1.165) is 24.3 Å². The van der Waals surface area contributed by atoms with Gasteiger partial charge in [-0.1, -0.05) is 19.1 Å². The molecule has 0 saturated carbocycles. The third-order valence-corrected chi connectivity index (χ3v) is 3.89. The van der Waals surface area contributed by atoms with Crippen molar-refractivity contribution in [3.05, 3.63) is 42.5 Å². The van der Waals surface area contributed by atoms with Gasteiger partial charge in [-0.2, -0.15) is 5.10 Å². The summed E-state index contributed by atoms with van der Waals surface area (Å²) in [6.45, 7) is 4.45. The third-order valence-electron chi connectivity index (χ3n) is 3.89. The highest BCUT2D eigenvalue weighted by Gasteiger charge is 2.29. The number of aromatic nitrogens is 3. The zero-order valence-electron chi connectivity index (χ0n) is 12.4. The van der Waals surface area contributed by atoms with Crippen molar-refractivity contribution in [2.45, 2.75) is 13.5 Å². The number of halogens is 1. The van der Waals surface area contributed by atoms with Crippen molar-refractivity contribution in [2.24, 2.45) is 11.8 Å². The summed E-state index contributed by atoms with van der Waals surface area (Å²) in [5.74, 6) is 0.535. The summed E-state index contributed by atoms with van der Waals surface area (Å²) < 4.78 is 1.76. The molecule has 118 valence electrons. The van der Waals surface area contributed by atoms with Gasteiger partial charge < -0.3 is 10.6 Å². The number of nitrogens with one attached hydrogen (secondary N) is 2. The molecule has 1 aliphatic rings. The average molecular weight is 322 g/mol. The van der Waals surface area contributed by atoms with Crippen molar-refractivity contribution < 1.29 is 4.79 Å². The lowest BCUT2D eigenvalue weighted by atomic mass is 9.97. The first-order valence-corrected chi connectivity index (χ1v) is 7.15. The van der Waals surface area contributed by atoms with Crippen LogP contribution in [0.4, 0.5) is 5.69 Å². The minimum Gasteiger partial charge on any atom is -0.326 e. The molecular weight excluding hydrogens is 302 g/mol. The molecule has 6 nitrogen and oxygen atoms in total. The van der Waals surface area contributed by atoms with Crippen molar-refractivity contribution in [1.29, 1.82) is 0 Å². The SMILES string of the molecule is C[C@@H]1CNC[C@H]1C(=O)Nc1ccc(Cn2cncn2)cc1.Cl. The third kappa shape index (κ3) is 3.84. The number of nitrogens with zero attached hydrogens (tertiary/aromatic N) is 3. The fourth-order valence-corrected chi connectivity index (χ4v) is 2.59. The molecule has 1 aliphatic heterocycles. The summed E-state index contributed by atoms with van der Waals surface area (Å²) in [4.78, 5) is 16.1. The maximum Gasteiger partial charge on any atom is 0.229 e. The van der Waals surface area contributed by atoms with Crippen LogP contribution in [0.3, 0.4) is 0 Å². The molecule has 0 radical (unpaired) electrons. The Morgan fingerprint density at radius 2 is 2.14 bits per heavy atom. The van der Waals surface area contributed by atoms with E-state index >= 15 is 0 Å². The Kier molecular flexibility index (Phi) is 5.51. The Hall–Kier alpha value is -1.92. The van der Waals surface area contributed by atoms with Crippen LogP contribution in [0.2, 0.25) is 0 Å². The van der Waals surface area contributed by atoms with Gasteiger partial charge in [0.2, 0.25) is 5.91 Å². The Morgan fingerprint density at radius 1 is 1.36 bits per heavy atom. The Morgan fingerprint density at radius 3 is 2.73 bits per heavy atom. The second kappa shape index (κ2) is 7.38. The van der Waals surface area contributed by atoms with Gasteiger partial charge in [-0.15, -0.1) is 12.4 Å². The number of amides is 1. The first-order chi connectivity index (χ1) is 10.2. The highest BCUT2D eigenvalue weighted by atomic mass is 35.5. The van der Waals surface area contributed by atoms with Gasteiger partial charge in [0.25, 0.3) is 0 Å². The van der Waals surface area contributed by atoms with E-state index in [2.05, 4.69) is 27.6 Å². The monoisotopic (exact) mass is 321 g/mol. The molecule has 2 N–H and O–H groups in total.